The van der Waals surface area contributed by atoms with Crippen LogP contribution in [0.3, 0.4) is 0 Å². The number of rotatable bonds is 8. The summed E-state index contributed by atoms with van der Waals surface area (Å²) in [5.41, 5.74) is 1.76. The lowest BCUT2D eigenvalue weighted by Crippen LogP contribution is -2.38. The van der Waals surface area contributed by atoms with E-state index < -0.39 is 24.4 Å². The molecule has 2 aromatic heterocycles. The van der Waals surface area contributed by atoms with Crippen molar-refractivity contribution in [1.82, 2.24) is 20.6 Å². The summed E-state index contributed by atoms with van der Waals surface area (Å²) in [7, 11) is 0. The highest BCUT2D eigenvalue weighted by atomic mass is 16.5. The van der Waals surface area contributed by atoms with Crippen LogP contribution in [0, 0.1) is 0 Å². The Morgan fingerprint density at radius 1 is 1.07 bits per heavy atom. The molecular weight excluding hydrogens is 348 g/mol. The van der Waals surface area contributed by atoms with E-state index in [1.54, 1.807) is 24.7 Å². The standard InChI is InChI=1S/C19H24N4O4/c24-17(23-10-13-4-3-6-20-9-13)8-15-18(25)19(26)16(27-15)12-21-11-14-5-1-2-7-22-14/h1-7,9,15-16,18-19,21,25-26H,8,10-12H2,(H,23,24)/t15-,16+,18-,19+/m0/s1. The third kappa shape index (κ3) is 5.54. The number of aliphatic hydroxyl groups excluding tert-OH is 2. The van der Waals surface area contributed by atoms with Gasteiger partial charge in [0.05, 0.1) is 24.3 Å². The summed E-state index contributed by atoms with van der Waals surface area (Å²) in [6.07, 6.45) is 1.56. The number of nitrogens with one attached hydrogen (secondary N) is 2. The molecule has 0 aromatic carbocycles. The first-order valence-corrected chi connectivity index (χ1v) is 8.91. The summed E-state index contributed by atoms with van der Waals surface area (Å²) in [4.78, 5) is 20.3. The van der Waals surface area contributed by atoms with Gasteiger partial charge >= 0.3 is 0 Å². The average molecular weight is 372 g/mol. The Balaban J connectivity index is 1.42. The number of aromatic nitrogens is 2. The van der Waals surface area contributed by atoms with Gasteiger partial charge in [-0.3, -0.25) is 14.8 Å². The molecular formula is C19H24N4O4. The summed E-state index contributed by atoms with van der Waals surface area (Å²) in [6.45, 7) is 1.23. The molecule has 0 spiro atoms. The van der Waals surface area contributed by atoms with Crippen molar-refractivity contribution < 1.29 is 19.7 Å². The first-order chi connectivity index (χ1) is 13.1. The van der Waals surface area contributed by atoms with E-state index in [0.29, 0.717) is 19.6 Å². The number of hydrogen-bond acceptors (Lipinski definition) is 7. The van der Waals surface area contributed by atoms with Gasteiger partial charge in [0.1, 0.15) is 12.2 Å². The average Bonchev–Trinajstić information content (AvgIpc) is 2.96. The van der Waals surface area contributed by atoms with Gasteiger partial charge in [0, 0.05) is 38.2 Å². The molecule has 8 heteroatoms. The van der Waals surface area contributed by atoms with Gasteiger partial charge in [-0.2, -0.15) is 0 Å². The smallest absolute Gasteiger partial charge is 0.222 e. The van der Waals surface area contributed by atoms with Gasteiger partial charge in [-0.25, -0.2) is 0 Å². The van der Waals surface area contributed by atoms with Crippen molar-refractivity contribution in [1.29, 1.82) is 0 Å². The molecule has 27 heavy (non-hydrogen) atoms. The van der Waals surface area contributed by atoms with Crippen molar-refractivity contribution in [3.8, 4) is 0 Å². The van der Waals surface area contributed by atoms with Crippen LogP contribution in [0.15, 0.2) is 48.9 Å². The van der Waals surface area contributed by atoms with E-state index in [1.165, 1.54) is 0 Å². The molecule has 0 radical (unpaired) electrons. The van der Waals surface area contributed by atoms with Crippen LogP contribution in [0.25, 0.3) is 0 Å². The number of aliphatic hydroxyl groups is 2. The molecule has 1 aliphatic rings. The fourth-order valence-corrected chi connectivity index (χ4v) is 2.97. The summed E-state index contributed by atoms with van der Waals surface area (Å²) < 4.78 is 5.69. The summed E-state index contributed by atoms with van der Waals surface area (Å²) in [6, 6.07) is 9.29. The SMILES string of the molecule is O=C(C[C@@H]1O[C@H](CNCc2ccccn2)[C@@H](O)[C@H]1O)NCc1cccnc1. The van der Waals surface area contributed by atoms with Gasteiger partial charge in [-0.15, -0.1) is 0 Å². The second-order valence-corrected chi connectivity index (χ2v) is 6.49. The molecule has 3 rings (SSSR count). The predicted molar refractivity (Wildman–Crippen MR) is 97.3 cm³/mol. The minimum atomic E-state index is -1.10. The van der Waals surface area contributed by atoms with Gasteiger partial charge in [0.15, 0.2) is 0 Å². The molecule has 3 heterocycles. The summed E-state index contributed by atoms with van der Waals surface area (Å²) in [5, 5.41) is 26.3. The van der Waals surface area contributed by atoms with E-state index in [-0.39, 0.29) is 12.3 Å². The van der Waals surface area contributed by atoms with Crippen molar-refractivity contribution in [3.63, 3.8) is 0 Å². The van der Waals surface area contributed by atoms with Crippen LogP contribution in [0.5, 0.6) is 0 Å². The normalized spacial score (nSPS) is 24.7. The Bertz CT molecular complexity index is 716. The maximum atomic E-state index is 12.1. The number of hydrogen-bond donors (Lipinski definition) is 4. The van der Waals surface area contributed by atoms with Gasteiger partial charge in [0.25, 0.3) is 0 Å². The third-order valence-corrected chi connectivity index (χ3v) is 4.44. The fourth-order valence-electron chi connectivity index (χ4n) is 2.97. The van der Waals surface area contributed by atoms with E-state index >= 15 is 0 Å². The largest absolute Gasteiger partial charge is 0.388 e. The van der Waals surface area contributed by atoms with Crippen molar-refractivity contribution in [2.45, 2.75) is 43.9 Å². The fraction of sp³-hybridized carbons (Fsp3) is 0.421. The van der Waals surface area contributed by atoms with Gasteiger partial charge < -0.3 is 25.6 Å². The molecule has 144 valence electrons. The molecule has 0 unspecified atom stereocenters. The van der Waals surface area contributed by atoms with Gasteiger partial charge in [-0.1, -0.05) is 12.1 Å². The minimum Gasteiger partial charge on any atom is -0.388 e. The molecule has 4 N–H and O–H groups in total. The predicted octanol–water partition coefficient (Wildman–Crippen LogP) is -0.238. The van der Waals surface area contributed by atoms with E-state index in [4.69, 9.17) is 4.74 Å². The molecule has 1 fully saturated rings. The van der Waals surface area contributed by atoms with Crippen LogP contribution >= 0.6 is 0 Å². The molecule has 4 atom stereocenters. The number of pyridine rings is 2. The monoisotopic (exact) mass is 372 g/mol. The Morgan fingerprint density at radius 3 is 2.67 bits per heavy atom. The molecule has 8 nitrogen and oxygen atoms in total. The van der Waals surface area contributed by atoms with E-state index in [0.717, 1.165) is 11.3 Å². The molecule has 2 aromatic rings. The Hall–Kier alpha value is -2.39. The molecule has 1 amide bonds. The highest BCUT2D eigenvalue weighted by Crippen LogP contribution is 2.23. The molecule has 1 aliphatic heterocycles. The van der Waals surface area contributed by atoms with Crippen molar-refractivity contribution in [2.75, 3.05) is 6.54 Å². The first-order valence-electron chi connectivity index (χ1n) is 8.91. The minimum absolute atomic E-state index is 0.0186. The van der Waals surface area contributed by atoms with Crippen LogP contribution in [0.1, 0.15) is 17.7 Å². The van der Waals surface area contributed by atoms with Crippen LogP contribution < -0.4 is 10.6 Å². The van der Waals surface area contributed by atoms with Gasteiger partial charge in [-0.05, 0) is 23.8 Å². The highest BCUT2D eigenvalue weighted by Gasteiger charge is 2.42. The van der Waals surface area contributed by atoms with Gasteiger partial charge in [0.2, 0.25) is 5.91 Å². The molecule has 1 saturated heterocycles. The lowest BCUT2D eigenvalue weighted by atomic mass is 10.1. The zero-order chi connectivity index (χ0) is 19.1. The second kappa shape index (κ2) is 9.52. The first kappa shape index (κ1) is 19.4. The van der Waals surface area contributed by atoms with Crippen LogP contribution in [-0.4, -0.2) is 57.0 Å². The molecule has 0 saturated carbocycles. The number of amides is 1. The lowest BCUT2D eigenvalue weighted by molar-refractivity contribution is -0.125. The lowest BCUT2D eigenvalue weighted by Gasteiger charge is -2.15. The van der Waals surface area contributed by atoms with Crippen molar-refractivity contribution >= 4 is 5.91 Å². The van der Waals surface area contributed by atoms with E-state index in [2.05, 4.69) is 20.6 Å². The summed E-state index contributed by atoms with van der Waals surface area (Å²) in [5.74, 6) is -0.253. The van der Waals surface area contributed by atoms with E-state index in [9.17, 15) is 15.0 Å². The number of ether oxygens (including phenoxy) is 1. The summed E-state index contributed by atoms with van der Waals surface area (Å²) >= 11 is 0. The van der Waals surface area contributed by atoms with Crippen LogP contribution in [0.4, 0.5) is 0 Å². The topological polar surface area (TPSA) is 117 Å². The van der Waals surface area contributed by atoms with E-state index in [1.807, 2.05) is 24.3 Å². The molecule has 0 aliphatic carbocycles. The molecule has 0 bridgehead atoms. The quantitative estimate of drug-likeness (QED) is 0.505. The third-order valence-electron chi connectivity index (χ3n) is 4.44. The highest BCUT2D eigenvalue weighted by molar-refractivity contribution is 5.76. The maximum Gasteiger partial charge on any atom is 0.222 e. The zero-order valence-electron chi connectivity index (χ0n) is 14.9. The second-order valence-electron chi connectivity index (χ2n) is 6.49. The van der Waals surface area contributed by atoms with Crippen LogP contribution in [0.2, 0.25) is 0 Å². The Kier molecular flexibility index (Phi) is 6.83. The van der Waals surface area contributed by atoms with Crippen molar-refractivity contribution in [3.05, 3.63) is 60.2 Å². The number of carbonyl (C=O) groups excluding carboxylic acids is 1. The Labute approximate surface area is 157 Å². The number of nitrogens with zero attached hydrogens (tertiary/aromatic N) is 2. The number of carbonyl (C=O) groups is 1. The maximum absolute atomic E-state index is 12.1. The zero-order valence-corrected chi connectivity index (χ0v) is 14.9. The van der Waals surface area contributed by atoms with Crippen molar-refractivity contribution in [2.24, 2.45) is 0 Å². The Morgan fingerprint density at radius 2 is 1.93 bits per heavy atom. The van der Waals surface area contributed by atoms with Crippen LogP contribution in [-0.2, 0) is 22.6 Å².